The van der Waals surface area contributed by atoms with E-state index < -0.39 is 0 Å². The number of anilines is 1. The summed E-state index contributed by atoms with van der Waals surface area (Å²) < 4.78 is 14.9. The molecule has 0 saturated heterocycles. The van der Waals surface area contributed by atoms with Crippen molar-refractivity contribution in [1.82, 2.24) is 5.32 Å². The van der Waals surface area contributed by atoms with Crippen LogP contribution in [0.15, 0.2) is 46.9 Å². The van der Waals surface area contributed by atoms with Crippen LogP contribution in [-0.2, 0) is 6.54 Å². The molecule has 1 N–H and O–H groups in total. The topological polar surface area (TPSA) is 15.3 Å². The highest BCUT2D eigenvalue weighted by atomic mass is 79.9. The average Bonchev–Trinajstić information content (AvgIpc) is 2.48. The molecule has 0 fully saturated rings. The Balaban J connectivity index is 2.31. The lowest BCUT2D eigenvalue weighted by atomic mass is 10.0. The van der Waals surface area contributed by atoms with Gasteiger partial charge < -0.3 is 10.2 Å². The van der Waals surface area contributed by atoms with Crippen LogP contribution in [0.2, 0.25) is 0 Å². The fraction of sp³-hybridized carbons (Fsp3) is 0.294. The first-order valence-corrected chi connectivity index (χ1v) is 7.73. The Morgan fingerprint density at radius 1 is 1.24 bits per heavy atom. The maximum absolute atomic E-state index is 13.8. The maximum Gasteiger partial charge on any atom is 0.128 e. The van der Waals surface area contributed by atoms with Gasteiger partial charge in [-0.2, -0.15) is 0 Å². The highest BCUT2D eigenvalue weighted by Gasteiger charge is 2.14. The monoisotopic (exact) mass is 350 g/mol. The lowest BCUT2D eigenvalue weighted by molar-refractivity contribution is 0.606. The third-order valence-corrected chi connectivity index (χ3v) is 4.16. The van der Waals surface area contributed by atoms with Gasteiger partial charge in [-0.05, 0) is 43.8 Å². The van der Waals surface area contributed by atoms with Crippen LogP contribution in [0.4, 0.5) is 10.1 Å². The fourth-order valence-electron chi connectivity index (χ4n) is 2.34. The van der Waals surface area contributed by atoms with E-state index in [2.05, 4.69) is 45.2 Å². The van der Waals surface area contributed by atoms with E-state index in [0.717, 1.165) is 10.2 Å². The molecule has 0 heterocycles. The molecule has 2 nitrogen and oxygen atoms in total. The Hall–Kier alpha value is -1.39. The molecule has 0 aliphatic rings. The van der Waals surface area contributed by atoms with Gasteiger partial charge in [0, 0.05) is 35.4 Å². The third-order valence-electron chi connectivity index (χ3n) is 3.67. The van der Waals surface area contributed by atoms with E-state index >= 15 is 0 Å². The molecule has 1 atom stereocenters. The molecule has 112 valence electrons. The van der Waals surface area contributed by atoms with E-state index in [4.69, 9.17) is 0 Å². The van der Waals surface area contributed by atoms with Gasteiger partial charge in [0.15, 0.2) is 0 Å². The van der Waals surface area contributed by atoms with Crippen LogP contribution in [0.25, 0.3) is 0 Å². The van der Waals surface area contributed by atoms with Gasteiger partial charge in [0.05, 0.1) is 0 Å². The third kappa shape index (κ3) is 3.83. The molecule has 0 saturated carbocycles. The van der Waals surface area contributed by atoms with E-state index in [1.807, 2.05) is 32.3 Å². The molecule has 0 radical (unpaired) electrons. The predicted octanol–water partition coefficient (Wildman–Crippen LogP) is 4.51. The summed E-state index contributed by atoms with van der Waals surface area (Å²) in [6.07, 6.45) is 0. The first kappa shape index (κ1) is 16.0. The van der Waals surface area contributed by atoms with E-state index in [1.54, 1.807) is 6.07 Å². The lowest BCUT2D eigenvalue weighted by Gasteiger charge is -2.25. The van der Waals surface area contributed by atoms with Crippen molar-refractivity contribution in [2.75, 3.05) is 19.0 Å². The van der Waals surface area contributed by atoms with Gasteiger partial charge in [0.25, 0.3) is 0 Å². The van der Waals surface area contributed by atoms with Crippen molar-refractivity contribution >= 4 is 21.6 Å². The first-order valence-electron chi connectivity index (χ1n) is 6.94. The molecule has 0 aliphatic heterocycles. The van der Waals surface area contributed by atoms with E-state index in [-0.39, 0.29) is 11.9 Å². The van der Waals surface area contributed by atoms with Gasteiger partial charge in [-0.15, -0.1) is 0 Å². The molecule has 0 aliphatic carbocycles. The van der Waals surface area contributed by atoms with Gasteiger partial charge in [0.2, 0.25) is 0 Å². The van der Waals surface area contributed by atoms with Crippen molar-refractivity contribution in [2.24, 2.45) is 0 Å². The summed E-state index contributed by atoms with van der Waals surface area (Å²) in [5, 5.41) is 3.26. The Kier molecular flexibility index (Phi) is 5.37. The number of hydrogen-bond acceptors (Lipinski definition) is 2. The minimum atomic E-state index is -0.162. The standard InChI is InChI=1S/C17H20BrFN2/c1-12(20-2)15-10-14(18)8-9-17(15)21(3)11-13-6-4-5-7-16(13)19/h4-10,12,20H,11H2,1-3H3. The quantitative estimate of drug-likeness (QED) is 0.853. The van der Waals surface area contributed by atoms with Crippen LogP contribution in [0.5, 0.6) is 0 Å². The molecule has 0 amide bonds. The van der Waals surface area contributed by atoms with E-state index in [0.29, 0.717) is 12.1 Å². The number of nitrogens with zero attached hydrogens (tertiary/aromatic N) is 1. The second-order valence-corrected chi connectivity index (χ2v) is 6.08. The Bertz CT molecular complexity index is 615. The van der Waals surface area contributed by atoms with E-state index in [9.17, 15) is 4.39 Å². The summed E-state index contributed by atoms with van der Waals surface area (Å²) in [6.45, 7) is 2.65. The molecule has 1 unspecified atom stereocenters. The zero-order valence-electron chi connectivity index (χ0n) is 12.5. The van der Waals surface area contributed by atoms with Crippen LogP contribution in [0, 0.1) is 5.82 Å². The number of nitrogens with one attached hydrogen (secondary N) is 1. The average molecular weight is 351 g/mol. The summed E-state index contributed by atoms with van der Waals surface area (Å²) in [5.74, 6) is -0.162. The summed E-state index contributed by atoms with van der Waals surface area (Å²) >= 11 is 3.52. The number of halogens is 2. The van der Waals surface area contributed by atoms with Gasteiger partial charge in [-0.25, -0.2) is 4.39 Å². The van der Waals surface area contributed by atoms with Crippen molar-refractivity contribution in [3.63, 3.8) is 0 Å². The summed E-state index contributed by atoms with van der Waals surface area (Å²) in [4.78, 5) is 2.08. The van der Waals surface area contributed by atoms with Crippen LogP contribution in [0.1, 0.15) is 24.1 Å². The maximum atomic E-state index is 13.8. The smallest absolute Gasteiger partial charge is 0.128 e. The minimum absolute atomic E-state index is 0.162. The van der Waals surface area contributed by atoms with Crippen LogP contribution in [0.3, 0.4) is 0 Å². The highest BCUT2D eigenvalue weighted by molar-refractivity contribution is 9.10. The van der Waals surface area contributed by atoms with Crippen molar-refractivity contribution in [2.45, 2.75) is 19.5 Å². The summed E-state index contributed by atoms with van der Waals surface area (Å²) in [5.41, 5.74) is 2.99. The molecule has 0 aromatic heterocycles. The van der Waals surface area contributed by atoms with Crippen molar-refractivity contribution in [1.29, 1.82) is 0 Å². The Labute approximate surface area is 134 Å². The zero-order valence-corrected chi connectivity index (χ0v) is 14.1. The van der Waals surface area contributed by atoms with Crippen molar-refractivity contribution in [3.05, 3.63) is 63.9 Å². The number of hydrogen-bond donors (Lipinski definition) is 1. The van der Waals surface area contributed by atoms with E-state index in [1.165, 1.54) is 11.6 Å². The van der Waals surface area contributed by atoms with Gasteiger partial charge in [-0.1, -0.05) is 34.1 Å². The van der Waals surface area contributed by atoms with Gasteiger partial charge >= 0.3 is 0 Å². The molecule has 0 spiro atoms. The van der Waals surface area contributed by atoms with Gasteiger partial charge in [0.1, 0.15) is 5.82 Å². The molecule has 2 aromatic rings. The minimum Gasteiger partial charge on any atom is -0.370 e. The molecule has 2 rings (SSSR count). The largest absolute Gasteiger partial charge is 0.370 e. The van der Waals surface area contributed by atoms with Crippen molar-refractivity contribution in [3.8, 4) is 0 Å². The molecular weight excluding hydrogens is 331 g/mol. The van der Waals surface area contributed by atoms with Crippen LogP contribution < -0.4 is 10.2 Å². The summed E-state index contributed by atoms with van der Waals surface area (Å²) in [7, 11) is 3.92. The Morgan fingerprint density at radius 3 is 2.62 bits per heavy atom. The van der Waals surface area contributed by atoms with Crippen LogP contribution in [-0.4, -0.2) is 14.1 Å². The highest BCUT2D eigenvalue weighted by Crippen LogP contribution is 2.29. The normalized spacial score (nSPS) is 12.2. The second kappa shape index (κ2) is 7.05. The summed E-state index contributed by atoms with van der Waals surface area (Å²) in [6, 6.07) is 13.3. The molecule has 4 heteroatoms. The molecule has 2 aromatic carbocycles. The zero-order chi connectivity index (χ0) is 15.4. The molecule has 21 heavy (non-hydrogen) atoms. The number of rotatable bonds is 5. The second-order valence-electron chi connectivity index (χ2n) is 5.16. The first-order chi connectivity index (χ1) is 10.0. The van der Waals surface area contributed by atoms with Gasteiger partial charge in [-0.3, -0.25) is 0 Å². The molecular formula is C17H20BrFN2. The fourth-order valence-corrected chi connectivity index (χ4v) is 2.72. The number of benzene rings is 2. The van der Waals surface area contributed by atoms with Crippen molar-refractivity contribution < 1.29 is 4.39 Å². The predicted molar refractivity (Wildman–Crippen MR) is 90.1 cm³/mol. The van der Waals surface area contributed by atoms with Crippen LogP contribution >= 0.6 is 15.9 Å². The molecule has 0 bridgehead atoms. The Morgan fingerprint density at radius 2 is 1.95 bits per heavy atom. The lowest BCUT2D eigenvalue weighted by Crippen LogP contribution is -2.22. The SMILES string of the molecule is CNC(C)c1cc(Br)ccc1N(C)Cc1ccccc1F.